The zero-order chi connectivity index (χ0) is 9.68. The monoisotopic (exact) mass is 180 g/mol. The molecule has 1 aromatic rings. The molecule has 0 aliphatic carbocycles. The third kappa shape index (κ3) is 2.70. The molecule has 1 atom stereocenters. The number of pyridine rings is 1. The van der Waals surface area contributed by atoms with E-state index in [2.05, 4.69) is 24.1 Å². The second kappa shape index (κ2) is 4.82. The Hall–Kier alpha value is -1.09. The van der Waals surface area contributed by atoms with Gasteiger partial charge in [-0.15, -0.1) is 0 Å². The molecule has 1 heterocycles. The molecule has 0 saturated carbocycles. The lowest BCUT2D eigenvalue weighted by molar-refractivity contribution is 0.411. The topological polar surface area (TPSA) is 34.2 Å². The fourth-order valence-electron chi connectivity index (χ4n) is 1.21. The van der Waals surface area contributed by atoms with Gasteiger partial charge in [-0.2, -0.15) is 0 Å². The van der Waals surface area contributed by atoms with Crippen molar-refractivity contribution in [1.29, 1.82) is 0 Å². The molecule has 0 aliphatic heterocycles. The molecule has 1 unspecified atom stereocenters. The standard InChI is InChI=1S/C10H16N2O/c1-4-12-8(2)9-5-10(13-3)7-11-6-9/h5-8,12H,4H2,1-3H3. The van der Waals surface area contributed by atoms with Crippen molar-refractivity contribution in [2.45, 2.75) is 19.9 Å². The maximum atomic E-state index is 5.09. The predicted molar refractivity (Wildman–Crippen MR) is 52.9 cm³/mol. The third-order valence-corrected chi connectivity index (χ3v) is 1.98. The number of methoxy groups -OCH3 is 1. The number of rotatable bonds is 4. The normalized spacial score (nSPS) is 12.5. The van der Waals surface area contributed by atoms with E-state index in [9.17, 15) is 0 Å². The molecule has 0 fully saturated rings. The molecular formula is C10H16N2O. The summed E-state index contributed by atoms with van der Waals surface area (Å²) < 4.78 is 5.09. The number of nitrogens with zero attached hydrogens (tertiary/aromatic N) is 1. The molecule has 72 valence electrons. The van der Waals surface area contributed by atoms with Crippen molar-refractivity contribution in [3.8, 4) is 5.75 Å². The van der Waals surface area contributed by atoms with E-state index in [0.717, 1.165) is 17.9 Å². The van der Waals surface area contributed by atoms with Crippen LogP contribution in [0.25, 0.3) is 0 Å². The summed E-state index contributed by atoms with van der Waals surface area (Å²) in [5.74, 6) is 0.808. The first-order valence-corrected chi connectivity index (χ1v) is 4.50. The average molecular weight is 180 g/mol. The lowest BCUT2D eigenvalue weighted by Gasteiger charge is -2.12. The zero-order valence-corrected chi connectivity index (χ0v) is 8.37. The summed E-state index contributed by atoms with van der Waals surface area (Å²) in [5, 5.41) is 3.32. The minimum atomic E-state index is 0.326. The fourth-order valence-corrected chi connectivity index (χ4v) is 1.21. The molecule has 13 heavy (non-hydrogen) atoms. The Morgan fingerprint density at radius 1 is 1.54 bits per heavy atom. The number of nitrogens with one attached hydrogen (secondary N) is 1. The Balaban J connectivity index is 2.75. The minimum absolute atomic E-state index is 0.326. The molecule has 3 heteroatoms. The average Bonchev–Trinajstić information content (AvgIpc) is 2.18. The van der Waals surface area contributed by atoms with Gasteiger partial charge in [0.05, 0.1) is 13.3 Å². The summed E-state index contributed by atoms with van der Waals surface area (Å²) in [5.41, 5.74) is 1.15. The minimum Gasteiger partial charge on any atom is -0.495 e. The molecule has 0 radical (unpaired) electrons. The maximum absolute atomic E-state index is 5.09. The Labute approximate surface area is 79.1 Å². The van der Waals surface area contributed by atoms with Crippen LogP contribution in [0.1, 0.15) is 25.5 Å². The van der Waals surface area contributed by atoms with Gasteiger partial charge in [0, 0.05) is 12.2 Å². The number of hydrogen-bond donors (Lipinski definition) is 1. The molecule has 0 aromatic carbocycles. The van der Waals surface area contributed by atoms with Gasteiger partial charge < -0.3 is 10.1 Å². The van der Waals surface area contributed by atoms with Crippen molar-refractivity contribution < 1.29 is 4.74 Å². The fraction of sp³-hybridized carbons (Fsp3) is 0.500. The van der Waals surface area contributed by atoms with Gasteiger partial charge in [0.2, 0.25) is 0 Å². The second-order valence-corrected chi connectivity index (χ2v) is 2.94. The summed E-state index contributed by atoms with van der Waals surface area (Å²) in [6.45, 7) is 5.16. The van der Waals surface area contributed by atoms with E-state index in [1.165, 1.54) is 0 Å². The first kappa shape index (κ1) is 9.99. The molecule has 3 nitrogen and oxygen atoms in total. The highest BCUT2D eigenvalue weighted by atomic mass is 16.5. The van der Waals surface area contributed by atoms with Crippen LogP contribution < -0.4 is 10.1 Å². The first-order chi connectivity index (χ1) is 6.27. The van der Waals surface area contributed by atoms with Gasteiger partial charge in [0.25, 0.3) is 0 Å². The molecule has 0 saturated heterocycles. The summed E-state index contributed by atoms with van der Waals surface area (Å²) in [4.78, 5) is 4.09. The smallest absolute Gasteiger partial charge is 0.137 e. The van der Waals surface area contributed by atoms with Crippen molar-refractivity contribution in [1.82, 2.24) is 10.3 Å². The summed E-state index contributed by atoms with van der Waals surface area (Å²) in [6, 6.07) is 2.33. The van der Waals surface area contributed by atoms with E-state index in [4.69, 9.17) is 4.74 Å². The van der Waals surface area contributed by atoms with Gasteiger partial charge in [-0.05, 0) is 25.1 Å². The van der Waals surface area contributed by atoms with Gasteiger partial charge in [0.1, 0.15) is 5.75 Å². The lowest BCUT2D eigenvalue weighted by atomic mass is 10.1. The molecule has 1 aromatic heterocycles. The highest BCUT2D eigenvalue weighted by Crippen LogP contribution is 2.16. The van der Waals surface area contributed by atoms with Crippen LogP contribution in [-0.4, -0.2) is 18.6 Å². The second-order valence-electron chi connectivity index (χ2n) is 2.94. The van der Waals surface area contributed by atoms with Crippen LogP contribution in [-0.2, 0) is 0 Å². The van der Waals surface area contributed by atoms with Crippen LogP contribution in [0, 0.1) is 0 Å². The summed E-state index contributed by atoms with van der Waals surface area (Å²) >= 11 is 0. The Morgan fingerprint density at radius 3 is 2.92 bits per heavy atom. The Morgan fingerprint density at radius 2 is 2.31 bits per heavy atom. The van der Waals surface area contributed by atoms with Crippen molar-refractivity contribution in [2.75, 3.05) is 13.7 Å². The summed E-state index contributed by atoms with van der Waals surface area (Å²) in [7, 11) is 1.65. The zero-order valence-electron chi connectivity index (χ0n) is 8.37. The molecule has 1 rings (SSSR count). The SMILES string of the molecule is CCNC(C)c1cncc(OC)c1. The predicted octanol–water partition coefficient (Wildman–Crippen LogP) is 1.76. The van der Waals surface area contributed by atoms with Crippen molar-refractivity contribution >= 4 is 0 Å². The van der Waals surface area contributed by atoms with Crippen LogP contribution in [0.15, 0.2) is 18.5 Å². The Bertz CT molecular complexity index is 263. The van der Waals surface area contributed by atoms with Crippen LogP contribution in [0.4, 0.5) is 0 Å². The Kier molecular flexibility index (Phi) is 3.71. The van der Waals surface area contributed by atoms with Crippen LogP contribution in [0.2, 0.25) is 0 Å². The first-order valence-electron chi connectivity index (χ1n) is 4.50. The number of aromatic nitrogens is 1. The maximum Gasteiger partial charge on any atom is 0.137 e. The van der Waals surface area contributed by atoms with Gasteiger partial charge in [-0.1, -0.05) is 6.92 Å². The van der Waals surface area contributed by atoms with Crippen LogP contribution >= 0.6 is 0 Å². The molecule has 0 spiro atoms. The summed E-state index contributed by atoms with van der Waals surface area (Å²) in [6.07, 6.45) is 3.57. The molecule has 0 aliphatic rings. The van der Waals surface area contributed by atoms with Crippen molar-refractivity contribution in [2.24, 2.45) is 0 Å². The van der Waals surface area contributed by atoms with E-state index in [1.54, 1.807) is 13.3 Å². The van der Waals surface area contributed by atoms with E-state index >= 15 is 0 Å². The van der Waals surface area contributed by atoms with Crippen LogP contribution in [0.3, 0.4) is 0 Å². The number of ether oxygens (including phenoxy) is 1. The number of hydrogen-bond acceptors (Lipinski definition) is 3. The van der Waals surface area contributed by atoms with E-state index < -0.39 is 0 Å². The molecule has 0 bridgehead atoms. The molecule has 1 N–H and O–H groups in total. The van der Waals surface area contributed by atoms with Gasteiger partial charge in [-0.25, -0.2) is 0 Å². The molecular weight excluding hydrogens is 164 g/mol. The van der Waals surface area contributed by atoms with E-state index in [1.807, 2.05) is 12.3 Å². The van der Waals surface area contributed by atoms with E-state index in [-0.39, 0.29) is 0 Å². The van der Waals surface area contributed by atoms with Crippen LogP contribution in [0.5, 0.6) is 5.75 Å². The largest absolute Gasteiger partial charge is 0.495 e. The quantitative estimate of drug-likeness (QED) is 0.766. The van der Waals surface area contributed by atoms with Gasteiger partial charge in [0.15, 0.2) is 0 Å². The van der Waals surface area contributed by atoms with Crippen molar-refractivity contribution in [3.05, 3.63) is 24.0 Å². The van der Waals surface area contributed by atoms with Gasteiger partial charge in [-0.3, -0.25) is 4.98 Å². The third-order valence-electron chi connectivity index (χ3n) is 1.98. The van der Waals surface area contributed by atoms with Gasteiger partial charge >= 0.3 is 0 Å². The highest BCUT2D eigenvalue weighted by Gasteiger charge is 2.04. The lowest BCUT2D eigenvalue weighted by Crippen LogP contribution is -2.17. The van der Waals surface area contributed by atoms with E-state index in [0.29, 0.717) is 6.04 Å². The molecule has 0 amide bonds. The highest BCUT2D eigenvalue weighted by molar-refractivity contribution is 5.25. The van der Waals surface area contributed by atoms with Crippen molar-refractivity contribution in [3.63, 3.8) is 0 Å².